The van der Waals surface area contributed by atoms with E-state index in [4.69, 9.17) is 14.2 Å². The molecule has 0 aliphatic heterocycles. The van der Waals surface area contributed by atoms with Gasteiger partial charge in [0.1, 0.15) is 25.4 Å². The number of hydrogen-bond donors (Lipinski definition) is 3. The molecule has 3 N–H and O–H groups in total. The third-order valence-corrected chi connectivity index (χ3v) is 3.07. The number of aliphatic hydroxyl groups excluding tert-OH is 3. The topological polar surface area (TPSA) is 141 Å². The summed E-state index contributed by atoms with van der Waals surface area (Å²) in [5.74, 6) is -1.23. The summed E-state index contributed by atoms with van der Waals surface area (Å²) in [5.41, 5.74) is 0. The van der Waals surface area contributed by atoms with Crippen molar-refractivity contribution in [1.29, 1.82) is 0 Å². The highest BCUT2D eigenvalue weighted by Crippen LogP contribution is 1.97. The van der Waals surface area contributed by atoms with Crippen molar-refractivity contribution in [3.05, 3.63) is 25.3 Å². The zero-order valence-electron chi connectivity index (χ0n) is 15.9. The summed E-state index contributed by atoms with van der Waals surface area (Å²) < 4.78 is 24.9. The highest BCUT2D eigenvalue weighted by Gasteiger charge is 2.10. The van der Waals surface area contributed by atoms with Gasteiger partial charge >= 0.3 is 11.9 Å². The standard InChI is InChI=1S/C18H30O10/c1-3-17(22)27-12-14(19)5-6-24-9-15(20)10-25-7-8-26-11-16(21)13-28-18(23)4-2/h3-4,14-16,19-21H,1-2,5-13H2. The minimum Gasteiger partial charge on any atom is -0.460 e. The van der Waals surface area contributed by atoms with Gasteiger partial charge in [0.05, 0.1) is 39.1 Å². The molecule has 0 saturated carbocycles. The van der Waals surface area contributed by atoms with Crippen LogP contribution in [-0.2, 0) is 33.3 Å². The molecule has 0 fully saturated rings. The van der Waals surface area contributed by atoms with Crippen LogP contribution >= 0.6 is 0 Å². The molecular formula is C18H30O10. The Balaban J connectivity index is 3.49. The smallest absolute Gasteiger partial charge is 0.330 e. The molecule has 0 radical (unpaired) electrons. The number of carbonyl (C=O) groups excluding carboxylic acids is 2. The minimum atomic E-state index is -0.946. The van der Waals surface area contributed by atoms with E-state index in [2.05, 4.69) is 22.6 Å². The van der Waals surface area contributed by atoms with Gasteiger partial charge < -0.3 is 39.0 Å². The van der Waals surface area contributed by atoms with Crippen molar-refractivity contribution in [3.63, 3.8) is 0 Å². The first-order valence-corrected chi connectivity index (χ1v) is 8.74. The van der Waals surface area contributed by atoms with Crippen molar-refractivity contribution in [3.8, 4) is 0 Å². The van der Waals surface area contributed by atoms with Crippen molar-refractivity contribution in [2.45, 2.75) is 24.7 Å². The molecule has 3 unspecified atom stereocenters. The lowest BCUT2D eigenvalue weighted by molar-refractivity contribution is -0.142. The quantitative estimate of drug-likeness (QED) is 0.147. The van der Waals surface area contributed by atoms with Gasteiger partial charge in [0.25, 0.3) is 0 Å². The van der Waals surface area contributed by atoms with Gasteiger partial charge in [0, 0.05) is 18.8 Å². The Morgan fingerprint density at radius 3 is 1.54 bits per heavy atom. The second-order valence-corrected chi connectivity index (χ2v) is 5.64. The number of carbonyl (C=O) groups is 2. The van der Waals surface area contributed by atoms with Crippen LogP contribution in [0.15, 0.2) is 25.3 Å². The van der Waals surface area contributed by atoms with E-state index >= 15 is 0 Å². The van der Waals surface area contributed by atoms with Crippen LogP contribution in [0.5, 0.6) is 0 Å². The first kappa shape index (κ1) is 26.2. The van der Waals surface area contributed by atoms with E-state index in [-0.39, 0.29) is 59.3 Å². The normalized spacial score (nSPS) is 14.0. The zero-order chi connectivity index (χ0) is 21.2. The summed E-state index contributed by atoms with van der Waals surface area (Å²) in [4.78, 5) is 21.6. The number of rotatable bonds is 18. The third kappa shape index (κ3) is 16.4. The van der Waals surface area contributed by atoms with Gasteiger partial charge in [-0.15, -0.1) is 0 Å². The molecule has 3 atom stereocenters. The van der Waals surface area contributed by atoms with Gasteiger partial charge in [0.2, 0.25) is 0 Å². The third-order valence-electron chi connectivity index (χ3n) is 3.07. The molecule has 0 rings (SSSR count). The van der Waals surface area contributed by atoms with Crippen molar-refractivity contribution < 1.29 is 48.6 Å². The van der Waals surface area contributed by atoms with Crippen LogP contribution in [-0.4, -0.2) is 98.4 Å². The first-order chi connectivity index (χ1) is 13.4. The second-order valence-electron chi connectivity index (χ2n) is 5.64. The van der Waals surface area contributed by atoms with Crippen LogP contribution in [0.1, 0.15) is 6.42 Å². The molecule has 0 heterocycles. The average Bonchev–Trinajstić information content (AvgIpc) is 2.69. The Labute approximate surface area is 164 Å². The van der Waals surface area contributed by atoms with E-state index in [0.717, 1.165) is 12.2 Å². The van der Waals surface area contributed by atoms with Crippen LogP contribution in [0.25, 0.3) is 0 Å². The van der Waals surface area contributed by atoms with Crippen LogP contribution in [0.4, 0.5) is 0 Å². The molecule has 0 aromatic carbocycles. The minimum absolute atomic E-state index is 0.0212. The molecular weight excluding hydrogens is 376 g/mol. The van der Waals surface area contributed by atoms with E-state index in [1.807, 2.05) is 0 Å². The summed E-state index contributed by atoms with van der Waals surface area (Å²) in [6, 6.07) is 0. The van der Waals surface area contributed by atoms with Crippen molar-refractivity contribution in [2.24, 2.45) is 0 Å². The van der Waals surface area contributed by atoms with E-state index in [1.165, 1.54) is 0 Å². The van der Waals surface area contributed by atoms with Gasteiger partial charge in [0.15, 0.2) is 0 Å². The van der Waals surface area contributed by atoms with E-state index < -0.39 is 30.3 Å². The van der Waals surface area contributed by atoms with E-state index in [0.29, 0.717) is 0 Å². The molecule has 0 saturated heterocycles. The zero-order valence-corrected chi connectivity index (χ0v) is 15.9. The number of esters is 2. The molecule has 10 heteroatoms. The summed E-state index contributed by atoms with van der Waals surface area (Å²) in [6.07, 6.45) is -0.396. The molecule has 28 heavy (non-hydrogen) atoms. The molecule has 0 aromatic rings. The molecule has 0 bridgehead atoms. The summed E-state index contributed by atoms with van der Waals surface area (Å²) in [5, 5.41) is 28.7. The maximum atomic E-state index is 10.8. The van der Waals surface area contributed by atoms with Gasteiger partial charge in [-0.3, -0.25) is 0 Å². The summed E-state index contributed by atoms with van der Waals surface area (Å²) >= 11 is 0. The highest BCUT2D eigenvalue weighted by molar-refractivity contribution is 5.81. The maximum Gasteiger partial charge on any atom is 0.330 e. The lowest BCUT2D eigenvalue weighted by Gasteiger charge is -2.14. The molecule has 10 nitrogen and oxygen atoms in total. The van der Waals surface area contributed by atoms with Crippen LogP contribution < -0.4 is 0 Å². The molecule has 0 aromatic heterocycles. The molecule has 0 spiro atoms. The number of aliphatic hydroxyl groups is 3. The second kappa shape index (κ2) is 17.3. The highest BCUT2D eigenvalue weighted by atomic mass is 16.6. The largest absolute Gasteiger partial charge is 0.460 e. The number of hydrogen-bond acceptors (Lipinski definition) is 10. The van der Waals surface area contributed by atoms with Gasteiger partial charge in [-0.1, -0.05) is 13.2 Å². The van der Waals surface area contributed by atoms with Gasteiger partial charge in [-0.2, -0.15) is 0 Å². The van der Waals surface area contributed by atoms with Crippen molar-refractivity contribution >= 4 is 11.9 Å². The lowest BCUT2D eigenvalue weighted by Crippen LogP contribution is -2.26. The summed E-state index contributed by atoms with van der Waals surface area (Å²) in [7, 11) is 0. The Bertz CT molecular complexity index is 454. The molecule has 0 aliphatic carbocycles. The van der Waals surface area contributed by atoms with Crippen LogP contribution in [0, 0.1) is 0 Å². The Morgan fingerprint density at radius 2 is 1.07 bits per heavy atom. The maximum absolute atomic E-state index is 10.8. The Hall–Kier alpha value is -1.82. The predicted octanol–water partition coefficient (Wildman–Crippen LogP) is -1.03. The van der Waals surface area contributed by atoms with Crippen molar-refractivity contribution in [1.82, 2.24) is 0 Å². The monoisotopic (exact) mass is 406 g/mol. The molecule has 162 valence electrons. The van der Waals surface area contributed by atoms with Gasteiger partial charge in [-0.25, -0.2) is 9.59 Å². The fourth-order valence-corrected chi connectivity index (χ4v) is 1.65. The predicted molar refractivity (Wildman–Crippen MR) is 97.4 cm³/mol. The molecule has 0 aliphatic rings. The first-order valence-electron chi connectivity index (χ1n) is 8.74. The van der Waals surface area contributed by atoms with E-state index in [9.17, 15) is 24.9 Å². The number of ether oxygens (including phenoxy) is 5. The SMILES string of the molecule is C=CC(=O)OCC(O)CCOCC(O)COCCOCC(O)COC(=O)C=C. The van der Waals surface area contributed by atoms with Crippen LogP contribution in [0.2, 0.25) is 0 Å². The lowest BCUT2D eigenvalue weighted by atomic mass is 10.3. The van der Waals surface area contributed by atoms with Crippen molar-refractivity contribution in [2.75, 3.05) is 52.9 Å². The molecule has 0 amide bonds. The van der Waals surface area contributed by atoms with Gasteiger partial charge in [-0.05, 0) is 6.42 Å². The Morgan fingerprint density at radius 1 is 0.679 bits per heavy atom. The summed E-state index contributed by atoms with van der Waals surface area (Å²) in [6.45, 7) is 6.73. The van der Waals surface area contributed by atoms with Crippen LogP contribution in [0.3, 0.4) is 0 Å². The van der Waals surface area contributed by atoms with E-state index in [1.54, 1.807) is 0 Å². The average molecular weight is 406 g/mol. The fraction of sp³-hybridized carbons (Fsp3) is 0.667. The Kier molecular flexibility index (Phi) is 16.2. The fourth-order valence-electron chi connectivity index (χ4n) is 1.65.